The third kappa shape index (κ3) is 4.57. The Morgan fingerprint density at radius 3 is 2.60 bits per heavy atom. The summed E-state index contributed by atoms with van der Waals surface area (Å²) in [4.78, 5) is 22.6. The molecule has 156 valence electrons. The fourth-order valence-electron chi connectivity index (χ4n) is 4.04. The van der Waals surface area contributed by atoms with Crippen LogP contribution in [0.1, 0.15) is 40.3 Å². The number of hydrogen-bond acceptors (Lipinski definition) is 5. The van der Waals surface area contributed by atoms with Crippen LogP contribution < -0.4 is 5.32 Å². The Kier molecular flexibility index (Phi) is 6.18. The molecule has 0 unspecified atom stereocenters. The number of nitrogens with one attached hydrogen (secondary N) is 1. The summed E-state index contributed by atoms with van der Waals surface area (Å²) in [6.07, 6.45) is 6.76. The molecule has 1 fully saturated rings. The first-order valence-electron chi connectivity index (χ1n) is 10.5. The van der Waals surface area contributed by atoms with Crippen LogP contribution in [0.25, 0.3) is 5.69 Å². The second-order valence-electron chi connectivity index (χ2n) is 7.92. The molecule has 0 atom stereocenters. The largest absolute Gasteiger partial charge is 0.350 e. The molecular formula is C23H28N6O. The topological polar surface area (TPSA) is 75.9 Å². The molecule has 1 amide bonds. The lowest BCUT2D eigenvalue weighted by Gasteiger charge is -2.32. The van der Waals surface area contributed by atoms with Crippen molar-refractivity contribution in [3.05, 3.63) is 71.6 Å². The van der Waals surface area contributed by atoms with Crippen LogP contribution in [0.2, 0.25) is 0 Å². The van der Waals surface area contributed by atoms with Crippen LogP contribution in [0.3, 0.4) is 0 Å². The standard InChI is InChI=1S/C23H28N6O/c1-17-21(18(2)29(27-17)20-6-4-3-5-7-20)16-28-12-8-19(9-13-28)14-26-23(30)22-15-24-10-11-25-22/h3-7,10-11,15,19H,8-9,12-14,16H2,1-2H3,(H,26,30). The van der Waals surface area contributed by atoms with E-state index in [1.807, 2.05) is 22.9 Å². The van der Waals surface area contributed by atoms with E-state index in [-0.39, 0.29) is 5.91 Å². The second kappa shape index (κ2) is 9.17. The number of carbonyl (C=O) groups excluding carboxylic acids is 1. The fraction of sp³-hybridized carbons (Fsp3) is 0.391. The maximum atomic E-state index is 12.2. The minimum Gasteiger partial charge on any atom is -0.350 e. The molecule has 1 aliphatic heterocycles. The summed E-state index contributed by atoms with van der Waals surface area (Å²) in [6, 6.07) is 10.3. The van der Waals surface area contributed by atoms with Gasteiger partial charge in [-0.05, 0) is 57.8 Å². The summed E-state index contributed by atoms with van der Waals surface area (Å²) in [5, 5.41) is 7.77. The molecule has 7 heteroatoms. The second-order valence-corrected chi connectivity index (χ2v) is 7.92. The number of amides is 1. The highest BCUT2D eigenvalue weighted by Gasteiger charge is 2.22. The molecule has 4 rings (SSSR count). The van der Waals surface area contributed by atoms with E-state index in [1.165, 1.54) is 23.7 Å². The Hall–Kier alpha value is -3.06. The minimum atomic E-state index is -0.148. The van der Waals surface area contributed by atoms with E-state index in [9.17, 15) is 4.79 Å². The number of carbonyl (C=O) groups is 1. The van der Waals surface area contributed by atoms with E-state index in [4.69, 9.17) is 5.10 Å². The van der Waals surface area contributed by atoms with Gasteiger partial charge in [-0.3, -0.25) is 14.7 Å². The van der Waals surface area contributed by atoms with Gasteiger partial charge in [0, 0.05) is 36.7 Å². The van der Waals surface area contributed by atoms with Crippen molar-refractivity contribution >= 4 is 5.91 Å². The van der Waals surface area contributed by atoms with Crippen molar-refractivity contribution in [3.63, 3.8) is 0 Å². The van der Waals surface area contributed by atoms with Crippen molar-refractivity contribution in [1.82, 2.24) is 30.0 Å². The number of piperidine rings is 1. The summed E-state index contributed by atoms with van der Waals surface area (Å²) >= 11 is 0. The Bertz CT molecular complexity index is 978. The molecule has 3 heterocycles. The van der Waals surface area contributed by atoms with E-state index < -0.39 is 0 Å². The molecule has 1 aromatic carbocycles. The first-order chi connectivity index (χ1) is 14.6. The van der Waals surface area contributed by atoms with E-state index in [1.54, 1.807) is 6.20 Å². The van der Waals surface area contributed by atoms with Gasteiger partial charge in [-0.1, -0.05) is 18.2 Å². The molecule has 0 saturated carbocycles. The normalized spacial score (nSPS) is 15.3. The van der Waals surface area contributed by atoms with E-state index in [0.29, 0.717) is 18.2 Å². The summed E-state index contributed by atoms with van der Waals surface area (Å²) in [6.45, 7) is 7.91. The van der Waals surface area contributed by atoms with Crippen LogP contribution in [0.15, 0.2) is 48.9 Å². The van der Waals surface area contributed by atoms with Gasteiger partial charge in [-0.2, -0.15) is 5.10 Å². The van der Waals surface area contributed by atoms with Gasteiger partial charge < -0.3 is 5.32 Å². The van der Waals surface area contributed by atoms with Crippen molar-refractivity contribution in [1.29, 1.82) is 0 Å². The molecule has 0 spiro atoms. The van der Waals surface area contributed by atoms with E-state index in [2.05, 4.69) is 46.2 Å². The highest BCUT2D eigenvalue weighted by Crippen LogP contribution is 2.23. The third-order valence-electron chi connectivity index (χ3n) is 5.88. The average molecular weight is 405 g/mol. The number of aromatic nitrogens is 4. The summed E-state index contributed by atoms with van der Waals surface area (Å²) < 4.78 is 2.04. The zero-order valence-corrected chi connectivity index (χ0v) is 17.6. The van der Waals surface area contributed by atoms with Crippen LogP contribution >= 0.6 is 0 Å². The number of likely N-dealkylation sites (tertiary alicyclic amines) is 1. The van der Waals surface area contributed by atoms with Crippen molar-refractivity contribution in [3.8, 4) is 5.69 Å². The third-order valence-corrected chi connectivity index (χ3v) is 5.88. The molecule has 0 bridgehead atoms. The predicted octanol–water partition coefficient (Wildman–Crippen LogP) is 2.92. The van der Waals surface area contributed by atoms with Crippen molar-refractivity contribution < 1.29 is 4.79 Å². The molecule has 30 heavy (non-hydrogen) atoms. The van der Waals surface area contributed by atoms with Gasteiger partial charge in [0.2, 0.25) is 0 Å². The number of aryl methyl sites for hydroxylation is 1. The van der Waals surface area contributed by atoms with Crippen LogP contribution in [-0.2, 0) is 6.54 Å². The molecule has 1 N–H and O–H groups in total. The maximum Gasteiger partial charge on any atom is 0.271 e. The minimum absolute atomic E-state index is 0.148. The zero-order chi connectivity index (χ0) is 20.9. The van der Waals surface area contributed by atoms with Gasteiger partial charge in [-0.15, -0.1) is 0 Å². The van der Waals surface area contributed by atoms with Gasteiger partial charge >= 0.3 is 0 Å². The van der Waals surface area contributed by atoms with Crippen molar-refractivity contribution in [2.45, 2.75) is 33.2 Å². The monoisotopic (exact) mass is 404 g/mol. The summed E-state index contributed by atoms with van der Waals surface area (Å²) in [7, 11) is 0. The van der Waals surface area contributed by atoms with Gasteiger partial charge in [0.1, 0.15) is 5.69 Å². The number of para-hydroxylation sites is 1. The quantitative estimate of drug-likeness (QED) is 0.684. The lowest BCUT2D eigenvalue weighted by Crippen LogP contribution is -2.38. The maximum absolute atomic E-state index is 12.2. The fourth-order valence-corrected chi connectivity index (χ4v) is 4.04. The molecule has 1 aliphatic rings. The lowest BCUT2D eigenvalue weighted by atomic mass is 9.96. The number of hydrogen-bond donors (Lipinski definition) is 1. The van der Waals surface area contributed by atoms with E-state index in [0.717, 1.165) is 43.9 Å². The van der Waals surface area contributed by atoms with Crippen LogP contribution in [0.5, 0.6) is 0 Å². The molecular weight excluding hydrogens is 376 g/mol. The smallest absolute Gasteiger partial charge is 0.271 e. The van der Waals surface area contributed by atoms with Gasteiger partial charge in [0.15, 0.2) is 0 Å². The molecule has 0 radical (unpaired) electrons. The first kappa shape index (κ1) is 20.2. The van der Waals surface area contributed by atoms with Crippen LogP contribution in [0.4, 0.5) is 0 Å². The SMILES string of the molecule is Cc1nn(-c2ccccc2)c(C)c1CN1CCC(CNC(=O)c2cnccn2)CC1. The summed E-state index contributed by atoms with van der Waals surface area (Å²) in [5.41, 5.74) is 5.08. The molecule has 0 aliphatic carbocycles. The Balaban J connectivity index is 1.30. The predicted molar refractivity (Wildman–Crippen MR) is 115 cm³/mol. The highest BCUT2D eigenvalue weighted by molar-refractivity contribution is 5.91. The Labute approximate surface area is 177 Å². The Morgan fingerprint density at radius 2 is 1.90 bits per heavy atom. The van der Waals surface area contributed by atoms with Crippen LogP contribution in [-0.4, -0.2) is 50.2 Å². The molecule has 2 aromatic heterocycles. The van der Waals surface area contributed by atoms with Gasteiger partial charge in [0.25, 0.3) is 5.91 Å². The van der Waals surface area contributed by atoms with Crippen LogP contribution in [0, 0.1) is 19.8 Å². The van der Waals surface area contributed by atoms with E-state index >= 15 is 0 Å². The Morgan fingerprint density at radius 1 is 1.13 bits per heavy atom. The van der Waals surface area contributed by atoms with Crippen molar-refractivity contribution in [2.75, 3.05) is 19.6 Å². The molecule has 1 saturated heterocycles. The van der Waals surface area contributed by atoms with Gasteiger partial charge in [-0.25, -0.2) is 9.67 Å². The lowest BCUT2D eigenvalue weighted by molar-refractivity contribution is 0.0929. The molecule has 7 nitrogen and oxygen atoms in total. The number of rotatable bonds is 6. The summed E-state index contributed by atoms with van der Waals surface area (Å²) in [5.74, 6) is 0.348. The number of benzene rings is 1. The van der Waals surface area contributed by atoms with Crippen molar-refractivity contribution in [2.24, 2.45) is 5.92 Å². The average Bonchev–Trinajstić information content (AvgIpc) is 3.08. The molecule has 3 aromatic rings. The first-order valence-corrected chi connectivity index (χ1v) is 10.5. The van der Waals surface area contributed by atoms with Gasteiger partial charge in [0.05, 0.1) is 17.6 Å². The number of nitrogens with zero attached hydrogens (tertiary/aromatic N) is 5. The highest BCUT2D eigenvalue weighted by atomic mass is 16.1. The zero-order valence-electron chi connectivity index (χ0n) is 17.6.